The van der Waals surface area contributed by atoms with Crippen LogP contribution in [0.1, 0.15) is 65.2 Å². The molecule has 5 nitrogen and oxygen atoms in total. The van der Waals surface area contributed by atoms with Crippen molar-refractivity contribution >= 4 is 5.78 Å². The van der Waals surface area contributed by atoms with Crippen molar-refractivity contribution in [3.8, 4) is 0 Å². The Labute approximate surface area is 158 Å². The van der Waals surface area contributed by atoms with E-state index < -0.39 is 5.79 Å². The summed E-state index contributed by atoms with van der Waals surface area (Å²) in [5.74, 6) is 0.236. The lowest BCUT2D eigenvalue weighted by Gasteiger charge is -2.31. The van der Waals surface area contributed by atoms with E-state index in [0.717, 1.165) is 44.9 Å². The van der Waals surface area contributed by atoms with Gasteiger partial charge in [0.1, 0.15) is 6.61 Å². The fourth-order valence-electron chi connectivity index (χ4n) is 4.11. The number of unbranched alkanes of at least 4 members (excludes halogenated alkanes) is 4. The summed E-state index contributed by atoms with van der Waals surface area (Å²) in [5, 5.41) is 8.86. The predicted octanol–water partition coefficient (Wildman–Crippen LogP) is 3.64. The van der Waals surface area contributed by atoms with Gasteiger partial charge in [-0.05, 0) is 45.1 Å². The molecule has 1 saturated heterocycles. The summed E-state index contributed by atoms with van der Waals surface area (Å²) in [5.41, 5.74) is 0. The minimum absolute atomic E-state index is 0.0238. The molecule has 2 atom stereocenters. The highest BCUT2D eigenvalue weighted by molar-refractivity contribution is 5.90. The second kappa shape index (κ2) is 11.2. The molecule has 2 fully saturated rings. The number of ether oxygens (including phenoxy) is 3. The number of carbonyl (C=O) groups excluding carboxylic acids is 1. The number of ketones is 1. The molecule has 0 radical (unpaired) electrons. The van der Waals surface area contributed by atoms with E-state index in [2.05, 4.69) is 6.08 Å². The molecular formula is C21H36O5. The average molecular weight is 369 g/mol. The third-order valence-corrected chi connectivity index (χ3v) is 5.45. The molecule has 2 rings (SSSR count). The number of rotatable bonds is 12. The zero-order valence-electron chi connectivity index (χ0n) is 16.5. The maximum atomic E-state index is 12.0. The summed E-state index contributed by atoms with van der Waals surface area (Å²) in [6.07, 6.45) is 12.2. The van der Waals surface area contributed by atoms with Crippen LogP contribution < -0.4 is 0 Å². The van der Waals surface area contributed by atoms with Gasteiger partial charge in [-0.15, -0.1) is 0 Å². The predicted molar refractivity (Wildman–Crippen MR) is 101 cm³/mol. The first kappa shape index (κ1) is 21.5. The van der Waals surface area contributed by atoms with Gasteiger partial charge < -0.3 is 19.3 Å². The first-order chi connectivity index (χ1) is 12.6. The maximum absolute atomic E-state index is 12.0. The highest BCUT2D eigenvalue weighted by atomic mass is 16.7. The molecule has 1 aliphatic heterocycles. The molecule has 2 unspecified atom stereocenters. The number of hydrogen-bond donors (Lipinski definition) is 1. The molecule has 0 aromatic heterocycles. The third-order valence-electron chi connectivity index (χ3n) is 5.45. The molecule has 26 heavy (non-hydrogen) atoms. The Kier molecular flexibility index (Phi) is 9.26. The number of aliphatic hydroxyl groups excluding tert-OH is 1. The number of hydrogen-bond acceptors (Lipinski definition) is 5. The van der Waals surface area contributed by atoms with E-state index in [1.54, 1.807) is 6.08 Å². The van der Waals surface area contributed by atoms with Crippen LogP contribution in [0.2, 0.25) is 0 Å². The van der Waals surface area contributed by atoms with E-state index >= 15 is 0 Å². The Morgan fingerprint density at radius 3 is 2.58 bits per heavy atom. The first-order valence-corrected chi connectivity index (χ1v) is 10.3. The van der Waals surface area contributed by atoms with Crippen molar-refractivity contribution in [1.82, 2.24) is 0 Å². The zero-order valence-corrected chi connectivity index (χ0v) is 16.5. The van der Waals surface area contributed by atoms with E-state index in [1.807, 2.05) is 13.8 Å². The number of aliphatic hydroxyl groups is 1. The third kappa shape index (κ3) is 6.45. The Bertz CT molecular complexity index is 440. The molecule has 0 aromatic rings. The van der Waals surface area contributed by atoms with Gasteiger partial charge in [-0.2, -0.15) is 0 Å². The minimum atomic E-state index is -0.433. The molecule has 1 aliphatic carbocycles. The summed E-state index contributed by atoms with van der Waals surface area (Å²) < 4.78 is 17.4. The molecule has 1 heterocycles. The van der Waals surface area contributed by atoms with Crippen LogP contribution >= 0.6 is 0 Å². The van der Waals surface area contributed by atoms with Crippen molar-refractivity contribution < 1.29 is 24.1 Å². The maximum Gasteiger partial charge on any atom is 0.180 e. The number of allylic oxidation sites excluding steroid dienone is 1. The van der Waals surface area contributed by atoms with Crippen LogP contribution in [0.3, 0.4) is 0 Å². The average Bonchev–Trinajstić information content (AvgIpc) is 3.23. The van der Waals surface area contributed by atoms with E-state index in [0.29, 0.717) is 25.0 Å². The van der Waals surface area contributed by atoms with Gasteiger partial charge in [0.05, 0.1) is 19.3 Å². The lowest BCUT2D eigenvalue weighted by Crippen LogP contribution is -2.36. The SMILES string of the molecule is CC(C)OCC(=O)/C=C/C1CCC2(OCCO2)C1CCCCCCCO. The Morgan fingerprint density at radius 2 is 1.88 bits per heavy atom. The van der Waals surface area contributed by atoms with Crippen LogP contribution in [-0.4, -0.2) is 49.2 Å². The summed E-state index contributed by atoms with van der Waals surface area (Å²) in [7, 11) is 0. The van der Waals surface area contributed by atoms with Crippen LogP contribution in [0.4, 0.5) is 0 Å². The standard InChI is InChI=1S/C21H36O5/c1-17(2)24-16-19(23)10-9-18-11-12-21(25-14-15-26-21)20(18)8-6-4-3-5-7-13-22/h9-10,17-18,20,22H,3-8,11-16H2,1-2H3/b10-9+. The van der Waals surface area contributed by atoms with Gasteiger partial charge in [-0.1, -0.05) is 31.8 Å². The molecule has 0 aromatic carbocycles. The van der Waals surface area contributed by atoms with E-state index in [1.165, 1.54) is 6.42 Å². The van der Waals surface area contributed by atoms with E-state index in [-0.39, 0.29) is 25.1 Å². The van der Waals surface area contributed by atoms with Crippen molar-refractivity contribution in [2.75, 3.05) is 26.4 Å². The van der Waals surface area contributed by atoms with Crippen LogP contribution in [-0.2, 0) is 19.0 Å². The van der Waals surface area contributed by atoms with Crippen LogP contribution in [0.15, 0.2) is 12.2 Å². The van der Waals surface area contributed by atoms with Gasteiger partial charge in [0.2, 0.25) is 0 Å². The molecule has 0 amide bonds. The molecule has 1 N–H and O–H groups in total. The summed E-state index contributed by atoms with van der Waals surface area (Å²) >= 11 is 0. The fraction of sp³-hybridized carbons (Fsp3) is 0.857. The van der Waals surface area contributed by atoms with Crippen LogP contribution in [0.5, 0.6) is 0 Å². The van der Waals surface area contributed by atoms with Gasteiger partial charge in [0.15, 0.2) is 11.6 Å². The lowest BCUT2D eigenvalue weighted by molar-refractivity contribution is -0.186. The van der Waals surface area contributed by atoms with Gasteiger partial charge in [0.25, 0.3) is 0 Å². The highest BCUT2D eigenvalue weighted by Gasteiger charge is 2.51. The molecule has 1 spiro atoms. The fourth-order valence-corrected chi connectivity index (χ4v) is 4.11. The van der Waals surface area contributed by atoms with E-state index in [4.69, 9.17) is 19.3 Å². The van der Waals surface area contributed by atoms with Crippen molar-refractivity contribution in [2.45, 2.75) is 77.1 Å². The molecule has 2 aliphatic rings. The van der Waals surface area contributed by atoms with Gasteiger partial charge >= 0.3 is 0 Å². The van der Waals surface area contributed by atoms with E-state index in [9.17, 15) is 4.79 Å². The summed E-state index contributed by atoms with van der Waals surface area (Å²) in [6.45, 7) is 5.64. The molecule has 5 heteroatoms. The van der Waals surface area contributed by atoms with Crippen LogP contribution in [0, 0.1) is 11.8 Å². The van der Waals surface area contributed by atoms with Crippen molar-refractivity contribution in [1.29, 1.82) is 0 Å². The lowest BCUT2D eigenvalue weighted by atomic mass is 9.87. The largest absolute Gasteiger partial charge is 0.396 e. The Morgan fingerprint density at radius 1 is 1.19 bits per heavy atom. The monoisotopic (exact) mass is 368 g/mol. The molecule has 0 bridgehead atoms. The smallest absolute Gasteiger partial charge is 0.180 e. The van der Waals surface area contributed by atoms with Gasteiger partial charge in [-0.25, -0.2) is 0 Å². The van der Waals surface area contributed by atoms with Gasteiger partial charge in [-0.3, -0.25) is 4.79 Å². The van der Waals surface area contributed by atoms with Crippen molar-refractivity contribution in [3.05, 3.63) is 12.2 Å². The van der Waals surface area contributed by atoms with Crippen molar-refractivity contribution in [2.24, 2.45) is 11.8 Å². The molecule has 150 valence electrons. The van der Waals surface area contributed by atoms with Crippen LogP contribution in [0.25, 0.3) is 0 Å². The van der Waals surface area contributed by atoms with Crippen molar-refractivity contribution in [3.63, 3.8) is 0 Å². The second-order valence-electron chi connectivity index (χ2n) is 7.78. The highest BCUT2D eigenvalue weighted by Crippen LogP contribution is 2.48. The summed E-state index contributed by atoms with van der Waals surface area (Å²) in [6, 6.07) is 0. The topological polar surface area (TPSA) is 65.0 Å². The molecular weight excluding hydrogens is 332 g/mol. The Balaban J connectivity index is 1.86. The number of carbonyl (C=O) groups is 1. The zero-order chi connectivity index (χ0) is 18.8. The quantitative estimate of drug-likeness (QED) is 0.421. The normalized spacial score (nSPS) is 25.1. The minimum Gasteiger partial charge on any atom is -0.396 e. The first-order valence-electron chi connectivity index (χ1n) is 10.3. The van der Waals surface area contributed by atoms with Gasteiger partial charge in [0, 0.05) is 18.9 Å². The summed E-state index contributed by atoms with van der Waals surface area (Å²) in [4.78, 5) is 12.0. The Hall–Kier alpha value is -0.750. The second-order valence-corrected chi connectivity index (χ2v) is 7.78. The molecule has 1 saturated carbocycles.